The van der Waals surface area contributed by atoms with E-state index in [2.05, 4.69) is 0 Å². The van der Waals surface area contributed by atoms with Crippen LogP contribution in [0.1, 0.15) is 20.7 Å². The van der Waals surface area contributed by atoms with Crippen LogP contribution in [0.4, 0.5) is 0 Å². The summed E-state index contributed by atoms with van der Waals surface area (Å²) in [5, 5.41) is 18.2. The normalized spacial score (nSPS) is 10.0. The van der Waals surface area contributed by atoms with Gasteiger partial charge < -0.3 is 20.7 Å². The number of phenols is 1. The molecule has 2 aromatic carbocycles. The third kappa shape index (κ3) is 2.86. The van der Waals surface area contributed by atoms with Gasteiger partial charge in [-0.2, -0.15) is 0 Å². The molecule has 0 spiro atoms. The van der Waals surface area contributed by atoms with Crippen molar-refractivity contribution in [2.75, 3.05) is 0 Å². The lowest BCUT2D eigenvalue weighted by Gasteiger charge is -2.08. The fourth-order valence-electron chi connectivity index (χ4n) is 1.58. The molecule has 102 valence electrons. The van der Waals surface area contributed by atoms with Gasteiger partial charge in [-0.25, -0.2) is 4.79 Å². The van der Waals surface area contributed by atoms with Crippen LogP contribution >= 0.6 is 0 Å². The topological polar surface area (TPSA) is 110 Å². The molecule has 2 rings (SSSR count). The number of nitrogens with two attached hydrogens (primary N) is 1. The van der Waals surface area contributed by atoms with Crippen molar-refractivity contribution in [2.45, 2.75) is 0 Å². The molecule has 2 aromatic rings. The molecular weight excluding hydrogens is 262 g/mol. The Bertz CT molecular complexity index is 664. The predicted molar refractivity (Wildman–Crippen MR) is 70.1 cm³/mol. The summed E-state index contributed by atoms with van der Waals surface area (Å²) in [6.45, 7) is 0. The molecule has 0 radical (unpaired) electrons. The highest BCUT2D eigenvalue weighted by molar-refractivity contribution is 5.95. The minimum atomic E-state index is -1.03. The Morgan fingerprint density at radius 3 is 2.15 bits per heavy atom. The molecule has 0 saturated carbocycles. The third-order valence-electron chi connectivity index (χ3n) is 2.57. The molecule has 0 heterocycles. The molecule has 0 aliphatic rings. The lowest BCUT2D eigenvalue weighted by atomic mass is 10.2. The Morgan fingerprint density at radius 1 is 1.00 bits per heavy atom. The van der Waals surface area contributed by atoms with Gasteiger partial charge in [0.05, 0.1) is 11.1 Å². The minimum absolute atomic E-state index is 0.0512. The van der Waals surface area contributed by atoms with Crippen molar-refractivity contribution in [1.82, 2.24) is 0 Å². The number of hydrogen-bond acceptors (Lipinski definition) is 4. The van der Waals surface area contributed by atoms with Crippen LogP contribution in [-0.4, -0.2) is 22.1 Å². The van der Waals surface area contributed by atoms with E-state index >= 15 is 0 Å². The number of carboxylic acids is 1. The Balaban J connectivity index is 2.23. The SMILES string of the molecule is NC(=O)c1cc(Oc2ccc(C(=O)O)cc2)ccc1O. The second-order valence-corrected chi connectivity index (χ2v) is 3.97. The number of rotatable bonds is 4. The van der Waals surface area contributed by atoms with E-state index in [1.165, 1.54) is 42.5 Å². The Morgan fingerprint density at radius 2 is 1.60 bits per heavy atom. The Hall–Kier alpha value is -3.02. The van der Waals surface area contributed by atoms with Crippen molar-refractivity contribution in [2.24, 2.45) is 5.73 Å². The van der Waals surface area contributed by atoms with Crippen LogP contribution in [0.15, 0.2) is 42.5 Å². The zero-order chi connectivity index (χ0) is 14.7. The summed E-state index contributed by atoms with van der Waals surface area (Å²) in [6.07, 6.45) is 0. The fourth-order valence-corrected chi connectivity index (χ4v) is 1.58. The number of carboxylic acid groups (broad SMARTS) is 1. The highest BCUT2D eigenvalue weighted by Gasteiger charge is 2.09. The van der Waals surface area contributed by atoms with Gasteiger partial charge in [0.1, 0.15) is 17.2 Å². The van der Waals surface area contributed by atoms with Gasteiger partial charge in [0.15, 0.2) is 0 Å². The second-order valence-electron chi connectivity index (χ2n) is 3.97. The number of aromatic carboxylic acids is 1. The van der Waals surface area contributed by atoms with Crippen LogP contribution < -0.4 is 10.5 Å². The quantitative estimate of drug-likeness (QED) is 0.789. The largest absolute Gasteiger partial charge is 0.507 e. The van der Waals surface area contributed by atoms with Crippen molar-refractivity contribution in [3.05, 3.63) is 53.6 Å². The molecule has 0 bridgehead atoms. The number of hydrogen-bond donors (Lipinski definition) is 3. The first-order valence-electron chi connectivity index (χ1n) is 5.61. The van der Waals surface area contributed by atoms with Crippen molar-refractivity contribution < 1.29 is 24.5 Å². The van der Waals surface area contributed by atoms with Crippen LogP contribution in [0.25, 0.3) is 0 Å². The van der Waals surface area contributed by atoms with Gasteiger partial charge in [-0.1, -0.05) is 0 Å². The van der Waals surface area contributed by atoms with Crippen LogP contribution in [0.2, 0.25) is 0 Å². The highest BCUT2D eigenvalue weighted by atomic mass is 16.5. The highest BCUT2D eigenvalue weighted by Crippen LogP contribution is 2.27. The molecule has 0 aliphatic heterocycles. The molecule has 0 fully saturated rings. The minimum Gasteiger partial charge on any atom is -0.507 e. The maximum Gasteiger partial charge on any atom is 0.335 e. The first kappa shape index (κ1) is 13.4. The summed E-state index contributed by atoms with van der Waals surface area (Å²) in [6, 6.07) is 9.83. The lowest BCUT2D eigenvalue weighted by Crippen LogP contribution is -2.11. The number of amides is 1. The number of carbonyl (C=O) groups is 2. The van der Waals surface area contributed by atoms with E-state index in [4.69, 9.17) is 15.6 Å². The van der Waals surface area contributed by atoms with Gasteiger partial charge in [0.25, 0.3) is 5.91 Å². The van der Waals surface area contributed by atoms with Crippen molar-refractivity contribution >= 4 is 11.9 Å². The van der Waals surface area contributed by atoms with E-state index in [-0.39, 0.29) is 16.9 Å². The molecule has 0 atom stereocenters. The molecule has 0 saturated heterocycles. The van der Waals surface area contributed by atoms with Crippen molar-refractivity contribution in [3.8, 4) is 17.2 Å². The van der Waals surface area contributed by atoms with Gasteiger partial charge >= 0.3 is 5.97 Å². The van der Waals surface area contributed by atoms with Gasteiger partial charge in [-0.3, -0.25) is 4.79 Å². The Kier molecular flexibility index (Phi) is 3.56. The molecule has 0 aromatic heterocycles. The summed E-state index contributed by atoms with van der Waals surface area (Å²) in [7, 11) is 0. The first-order chi connectivity index (χ1) is 9.47. The van der Waals surface area contributed by atoms with E-state index in [1.54, 1.807) is 0 Å². The molecule has 20 heavy (non-hydrogen) atoms. The molecule has 0 unspecified atom stereocenters. The maximum atomic E-state index is 11.1. The number of primary amides is 1. The average molecular weight is 273 g/mol. The summed E-state index contributed by atoms with van der Waals surface area (Å²) in [5.74, 6) is -1.33. The van der Waals surface area contributed by atoms with Crippen molar-refractivity contribution in [3.63, 3.8) is 0 Å². The Labute approximate surface area is 114 Å². The zero-order valence-electron chi connectivity index (χ0n) is 10.2. The van der Waals surface area contributed by atoms with Gasteiger partial charge in [-0.15, -0.1) is 0 Å². The van der Waals surface area contributed by atoms with Crippen LogP contribution in [0.3, 0.4) is 0 Å². The van der Waals surface area contributed by atoms with Crippen molar-refractivity contribution in [1.29, 1.82) is 0 Å². The number of benzene rings is 2. The number of ether oxygens (including phenoxy) is 1. The molecule has 6 nitrogen and oxygen atoms in total. The maximum absolute atomic E-state index is 11.1. The zero-order valence-corrected chi connectivity index (χ0v) is 10.2. The van der Waals surface area contributed by atoms with E-state index in [9.17, 15) is 14.7 Å². The molecule has 4 N–H and O–H groups in total. The van der Waals surface area contributed by atoms with Gasteiger partial charge in [0.2, 0.25) is 0 Å². The fraction of sp³-hybridized carbons (Fsp3) is 0. The number of aromatic hydroxyl groups is 1. The van der Waals surface area contributed by atoms with Gasteiger partial charge in [-0.05, 0) is 42.5 Å². The summed E-state index contributed by atoms with van der Waals surface area (Å²) >= 11 is 0. The van der Waals surface area contributed by atoms with Crippen LogP contribution in [0, 0.1) is 0 Å². The number of carbonyl (C=O) groups excluding carboxylic acids is 1. The van der Waals surface area contributed by atoms with Gasteiger partial charge in [0, 0.05) is 0 Å². The monoisotopic (exact) mass is 273 g/mol. The molecule has 0 aliphatic carbocycles. The third-order valence-corrected chi connectivity index (χ3v) is 2.57. The average Bonchev–Trinajstić information content (AvgIpc) is 2.41. The molecule has 1 amide bonds. The summed E-state index contributed by atoms with van der Waals surface area (Å²) < 4.78 is 5.45. The van der Waals surface area contributed by atoms with E-state index < -0.39 is 11.9 Å². The van der Waals surface area contributed by atoms with E-state index in [0.717, 1.165) is 0 Å². The molecular formula is C14H11NO5. The van der Waals surface area contributed by atoms with E-state index in [1.807, 2.05) is 0 Å². The van der Waals surface area contributed by atoms with Crippen LogP contribution in [-0.2, 0) is 0 Å². The summed E-state index contributed by atoms with van der Waals surface area (Å²) in [5.41, 5.74) is 5.20. The predicted octanol–water partition coefficient (Wildman–Crippen LogP) is 1.98. The smallest absolute Gasteiger partial charge is 0.335 e. The van der Waals surface area contributed by atoms with Crippen LogP contribution in [0.5, 0.6) is 17.2 Å². The van der Waals surface area contributed by atoms with E-state index in [0.29, 0.717) is 11.5 Å². The standard InChI is InChI=1S/C14H11NO5/c15-13(17)11-7-10(5-6-12(11)16)20-9-3-1-8(2-4-9)14(18)19/h1-7,16H,(H2,15,17)(H,18,19). The lowest BCUT2D eigenvalue weighted by molar-refractivity contribution is 0.0696. The first-order valence-corrected chi connectivity index (χ1v) is 5.61. The second kappa shape index (κ2) is 5.31. The molecule has 6 heteroatoms. The summed E-state index contributed by atoms with van der Waals surface area (Å²) in [4.78, 5) is 21.8.